The Morgan fingerprint density at radius 1 is 0.667 bits per heavy atom. The van der Waals surface area contributed by atoms with Gasteiger partial charge in [0.25, 0.3) is 0 Å². The summed E-state index contributed by atoms with van der Waals surface area (Å²) in [5.74, 6) is 2.04. The Morgan fingerprint density at radius 3 is 1.83 bits per heavy atom. The number of phenols is 1. The van der Waals surface area contributed by atoms with Gasteiger partial charge in [-0.15, -0.1) is 0 Å². The van der Waals surface area contributed by atoms with Gasteiger partial charge in [0.15, 0.2) is 17.5 Å². The highest BCUT2D eigenvalue weighted by Crippen LogP contribution is 2.32. The zero-order chi connectivity index (χ0) is 21.6. The summed E-state index contributed by atoms with van der Waals surface area (Å²) < 4.78 is 1.76. The molecule has 0 spiro atoms. The number of nitrogens with zero attached hydrogens (tertiary/aromatic N) is 5. The molecule has 0 fully saturated rings. The molecule has 0 bridgehead atoms. The van der Waals surface area contributed by atoms with Crippen molar-refractivity contribution in [1.82, 2.24) is 24.7 Å². The lowest BCUT2D eigenvalue weighted by Crippen LogP contribution is -2.05. The van der Waals surface area contributed by atoms with Crippen molar-refractivity contribution < 1.29 is 5.11 Å². The first kappa shape index (κ1) is 19.8. The topological polar surface area (TPSA) is 76.7 Å². The summed E-state index contributed by atoms with van der Waals surface area (Å²) >= 11 is 0. The summed E-state index contributed by atoms with van der Waals surface area (Å²) in [5, 5.41) is 14.3. The van der Waals surface area contributed by atoms with Gasteiger partial charge in [-0.2, -0.15) is 5.10 Å². The highest BCUT2D eigenvalue weighted by atomic mass is 16.3. The molecule has 0 amide bonds. The molecule has 2 aromatic carbocycles. The minimum absolute atomic E-state index is 0.266. The fraction of sp³-hybridized carbons (Fsp3) is 0.250. The highest BCUT2D eigenvalue weighted by molar-refractivity contribution is 5.70. The molecule has 6 heteroatoms. The van der Waals surface area contributed by atoms with Gasteiger partial charge in [0, 0.05) is 24.4 Å². The Bertz CT molecular complexity index is 1200. The molecule has 0 aliphatic rings. The number of benzene rings is 2. The van der Waals surface area contributed by atoms with Crippen molar-refractivity contribution in [1.29, 1.82) is 0 Å². The summed E-state index contributed by atoms with van der Waals surface area (Å²) in [5.41, 5.74) is 8.06. The van der Waals surface area contributed by atoms with Gasteiger partial charge in [0.1, 0.15) is 11.4 Å². The summed E-state index contributed by atoms with van der Waals surface area (Å²) in [6, 6.07) is 9.60. The summed E-state index contributed by atoms with van der Waals surface area (Å²) in [4.78, 5) is 14.4. The molecule has 0 atom stereocenters. The quantitative estimate of drug-likeness (QED) is 0.533. The van der Waals surface area contributed by atoms with E-state index in [9.17, 15) is 5.11 Å². The fourth-order valence-electron chi connectivity index (χ4n) is 3.57. The number of aryl methyl sites for hydroxylation is 2. The Hall–Kier alpha value is -3.54. The molecule has 0 saturated carbocycles. The molecule has 0 unspecified atom stereocenters. The molecule has 4 rings (SSSR count). The van der Waals surface area contributed by atoms with Gasteiger partial charge in [-0.3, -0.25) is 4.68 Å². The second-order valence-corrected chi connectivity index (χ2v) is 7.71. The highest BCUT2D eigenvalue weighted by Gasteiger charge is 2.18. The van der Waals surface area contributed by atoms with E-state index in [1.807, 2.05) is 33.0 Å². The van der Waals surface area contributed by atoms with Crippen LogP contribution in [0.15, 0.2) is 36.5 Å². The molecule has 2 aromatic heterocycles. The first-order valence-electron chi connectivity index (χ1n) is 9.89. The standard InChI is InChI=1S/C24H25N5O/c1-13-7-8-18(15(3)14(13)2)22-26-23(19-9-10-21(30)17(5)16(19)4)28-24(27-22)20-11-12-25-29(20)6/h7-12,30H,1-6H3. The van der Waals surface area contributed by atoms with Crippen molar-refractivity contribution in [3.63, 3.8) is 0 Å². The van der Waals surface area contributed by atoms with Crippen LogP contribution in [-0.2, 0) is 7.05 Å². The third kappa shape index (κ3) is 3.24. The lowest BCUT2D eigenvalue weighted by Gasteiger charge is -2.14. The lowest BCUT2D eigenvalue weighted by atomic mass is 9.98. The van der Waals surface area contributed by atoms with Gasteiger partial charge < -0.3 is 5.11 Å². The number of phenolic OH excluding ortho intramolecular Hbond substituents is 1. The fourth-order valence-corrected chi connectivity index (χ4v) is 3.57. The van der Waals surface area contributed by atoms with Crippen molar-refractivity contribution in [2.24, 2.45) is 7.05 Å². The molecule has 2 heterocycles. The number of hydrogen-bond acceptors (Lipinski definition) is 5. The first-order chi connectivity index (χ1) is 14.3. The monoisotopic (exact) mass is 399 g/mol. The van der Waals surface area contributed by atoms with Crippen LogP contribution in [0, 0.1) is 34.6 Å². The van der Waals surface area contributed by atoms with E-state index < -0.39 is 0 Å². The van der Waals surface area contributed by atoms with Crippen LogP contribution in [-0.4, -0.2) is 29.8 Å². The molecule has 152 valence electrons. The normalized spacial score (nSPS) is 11.1. The van der Waals surface area contributed by atoms with Crippen LogP contribution in [0.5, 0.6) is 5.75 Å². The van der Waals surface area contributed by atoms with E-state index in [1.165, 1.54) is 11.1 Å². The second-order valence-electron chi connectivity index (χ2n) is 7.71. The molecule has 1 N–H and O–H groups in total. The SMILES string of the molecule is Cc1ccc(-c2nc(-c3ccc(O)c(C)c3C)nc(-c3ccnn3C)n2)c(C)c1C. The summed E-state index contributed by atoms with van der Waals surface area (Å²) in [6.45, 7) is 10.2. The van der Waals surface area contributed by atoms with E-state index in [1.54, 1.807) is 16.9 Å². The van der Waals surface area contributed by atoms with E-state index in [-0.39, 0.29) is 5.75 Å². The van der Waals surface area contributed by atoms with Gasteiger partial charge in [-0.05, 0) is 80.6 Å². The van der Waals surface area contributed by atoms with E-state index in [2.05, 4.69) is 38.0 Å². The van der Waals surface area contributed by atoms with E-state index in [0.29, 0.717) is 17.5 Å². The van der Waals surface area contributed by atoms with E-state index >= 15 is 0 Å². The van der Waals surface area contributed by atoms with Gasteiger partial charge in [-0.1, -0.05) is 12.1 Å². The van der Waals surface area contributed by atoms with Crippen LogP contribution in [0.4, 0.5) is 0 Å². The first-order valence-corrected chi connectivity index (χ1v) is 9.89. The zero-order valence-electron chi connectivity index (χ0n) is 18.1. The Balaban J connectivity index is 2.01. The van der Waals surface area contributed by atoms with Crippen LogP contribution in [0.2, 0.25) is 0 Å². The number of aromatic hydroxyl groups is 1. The van der Waals surface area contributed by atoms with Crippen LogP contribution in [0.1, 0.15) is 27.8 Å². The molecule has 0 aliphatic heterocycles. The van der Waals surface area contributed by atoms with Crippen molar-refractivity contribution >= 4 is 0 Å². The molecular formula is C24H25N5O. The predicted octanol–water partition coefficient (Wildman–Crippen LogP) is 4.85. The zero-order valence-corrected chi connectivity index (χ0v) is 18.1. The minimum atomic E-state index is 0.266. The van der Waals surface area contributed by atoms with Gasteiger partial charge in [-0.25, -0.2) is 15.0 Å². The number of hydrogen-bond donors (Lipinski definition) is 1. The lowest BCUT2D eigenvalue weighted by molar-refractivity contribution is 0.470. The summed E-state index contributed by atoms with van der Waals surface area (Å²) in [7, 11) is 1.87. The number of aromatic nitrogens is 5. The molecule has 0 saturated heterocycles. The van der Waals surface area contributed by atoms with Crippen molar-refractivity contribution in [2.75, 3.05) is 0 Å². The van der Waals surface area contributed by atoms with Gasteiger partial charge in [0.2, 0.25) is 0 Å². The Morgan fingerprint density at radius 2 is 1.23 bits per heavy atom. The van der Waals surface area contributed by atoms with Crippen molar-refractivity contribution in [3.05, 3.63) is 64.3 Å². The smallest absolute Gasteiger partial charge is 0.182 e. The number of rotatable bonds is 3. The molecule has 30 heavy (non-hydrogen) atoms. The van der Waals surface area contributed by atoms with Crippen molar-refractivity contribution in [2.45, 2.75) is 34.6 Å². The Kier molecular flexibility index (Phi) is 4.86. The molecule has 0 aliphatic carbocycles. The minimum Gasteiger partial charge on any atom is -0.508 e. The van der Waals surface area contributed by atoms with Crippen LogP contribution in [0.3, 0.4) is 0 Å². The Labute approximate surface area is 176 Å². The van der Waals surface area contributed by atoms with Crippen molar-refractivity contribution in [3.8, 4) is 40.0 Å². The third-order valence-corrected chi connectivity index (χ3v) is 5.98. The molecular weight excluding hydrogens is 374 g/mol. The molecule has 0 radical (unpaired) electrons. The average Bonchev–Trinajstić information content (AvgIpc) is 3.16. The van der Waals surface area contributed by atoms with Crippen LogP contribution >= 0.6 is 0 Å². The predicted molar refractivity (Wildman–Crippen MR) is 118 cm³/mol. The summed E-state index contributed by atoms with van der Waals surface area (Å²) in [6.07, 6.45) is 1.73. The second kappa shape index (κ2) is 7.37. The third-order valence-electron chi connectivity index (χ3n) is 5.98. The van der Waals surface area contributed by atoms with Crippen LogP contribution < -0.4 is 0 Å². The average molecular weight is 399 g/mol. The van der Waals surface area contributed by atoms with Gasteiger partial charge in [0.05, 0.1) is 0 Å². The maximum atomic E-state index is 10.1. The van der Waals surface area contributed by atoms with E-state index in [0.717, 1.165) is 33.5 Å². The van der Waals surface area contributed by atoms with Crippen LogP contribution in [0.25, 0.3) is 34.3 Å². The maximum absolute atomic E-state index is 10.1. The molecule has 6 nitrogen and oxygen atoms in total. The molecule has 4 aromatic rings. The largest absolute Gasteiger partial charge is 0.508 e. The maximum Gasteiger partial charge on any atom is 0.182 e. The van der Waals surface area contributed by atoms with Gasteiger partial charge >= 0.3 is 0 Å². The van der Waals surface area contributed by atoms with E-state index in [4.69, 9.17) is 15.0 Å².